The van der Waals surface area contributed by atoms with Crippen LogP contribution in [0.5, 0.6) is 0 Å². The number of nitrogens with zero attached hydrogens (tertiary/aromatic N) is 2. The van der Waals surface area contributed by atoms with E-state index in [2.05, 4.69) is 11.4 Å². The number of anilines is 1. The second kappa shape index (κ2) is 7.58. The lowest BCUT2D eigenvalue weighted by Gasteiger charge is -2.13. The highest BCUT2D eigenvalue weighted by Crippen LogP contribution is 2.30. The summed E-state index contributed by atoms with van der Waals surface area (Å²) in [4.78, 5) is 12.3. The first kappa shape index (κ1) is 17.3. The molecule has 1 amide bonds. The van der Waals surface area contributed by atoms with Crippen molar-refractivity contribution in [3.8, 4) is 11.8 Å². The van der Waals surface area contributed by atoms with Gasteiger partial charge in [-0.25, -0.2) is 4.79 Å². The van der Waals surface area contributed by atoms with E-state index in [0.29, 0.717) is 11.4 Å². The number of nitrogens with one attached hydrogen (secondary N) is 1. The minimum atomic E-state index is -0.597. The summed E-state index contributed by atoms with van der Waals surface area (Å²) in [6.07, 6.45) is -0.597. The molecule has 130 valence electrons. The number of hydrogen-bond acceptors (Lipinski definition) is 3. The van der Waals surface area contributed by atoms with Crippen LogP contribution >= 0.6 is 0 Å². The average molecular weight is 345 g/mol. The fourth-order valence-corrected chi connectivity index (χ4v) is 2.82. The zero-order valence-corrected chi connectivity index (χ0v) is 14.7. The Morgan fingerprint density at radius 3 is 2.31 bits per heavy atom. The molecule has 3 rings (SSSR count). The lowest BCUT2D eigenvalue weighted by atomic mass is 10.2. The van der Waals surface area contributed by atoms with Crippen molar-refractivity contribution in [3.63, 3.8) is 0 Å². The van der Waals surface area contributed by atoms with E-state index in [4.69, 9.17) is 4.74 Å². The van der Waals surface area contributed by atoms with Crippen molar-refractivity contribution in [1.82, 2.24) is 4.57 Å². The largest absolute Gasteiger partial charge is 0.444 e. The number of amides is 1. The summed E-state index contributed by atoms with van der Waals surface area (Å²) in [7, 11) is 0. The zero-order valence-electron chi connectivity index (χ0n) is 14.7. The predicted molar refractivity (Wildman–Crippen MR) is 100 cm³/mol. The van der Waals surface area contributed by atoms with Crippen LogP contribution in [0.15, 0.2) is 60.7 Å². The minimum Gasteiger partial charge on any atom is -0.444 e. The number of hydrogen-bond donors (Lipinski definition) is 1. The molecule has 3 aromatic rings. The normalized spacial score (nSPS) is 10.2. The molecule has 0 bridgehead atoms. The topological polar surface area (TPSA) is 67.1 Å². The van der Waals surface area contributed by atoms with Crippen LogP contribution in [0.4, 0.5) is 10.6 Å². The molecule has 1 heterocycles. The maximum atomic E-state index is 12.3. The van der Waals surface area contributed by atoms with Crippen molar-refractivity contribution >= 4 is 11.9 Å². The summed E-state index contributed by atoms with van der Waals surface area (Å²) in [6.45, 7) is 3.95. The number of rotatable bonds is 4. The number of benzene rings is 2. The first-order chi connectivity index (χ1) is 12.6. The average Bonchev–Trinajstić information content (AvgIpc) is 2.91. The molecule has 5 heteroatoms. The Morgan fingerprint density at radius 1 is 1.08 bits per heavy atom. The van der Waals surface area contributed by atoms with Gasteiger partial charge in [-0.15, -0.1) is 0 Å². The van der Waals surface area contributed by atoms with Crippen LogP contribution in [0, 0.1) is 25.2 Å². The maximum Gasteiger partial charge on any atom is 0.413 e. The van der Waals surface area contributed by atoms with Gasteiger partial charge in [-0.05, 0) is 37.1 Å². The molecular formula is C21H19N3O2. The van der Waals surface area contributed by atoms with Gasteiger partial charge in [-0.1, -0.05) is 48.5 Å². The van der Waals surface area contributed by atoms with Gasteiger partial charge in [0.2, 0.25) is 0 Å². The van der Waals surface area contributed by atoms with Gasteiger partial charge in [-0.3, -0.25) is 9.88 Å². The smallest absolute Gasteiger partial charge is 0.413 e. The van der Waals surface area contributed by atoms with Crippen molar-refractivity contribution in [1.29, 1.82) is 5.26 Å². The Balaban J connectivity index is 1.88. The highest BCUT2D eigenvalue weighted by atomic mass is 16.5. The Morgan fingerprint density at radius 2 is 1.69 bits per heavy atom. The Bertz CT molecular complexity index is 954. The molecule has 0 aliphatic rings. The first-order valence-corrected chi connectivity index (χ1v) is 8.27. The van der Waals surface area contributed by atoms with Crippen LogP contribution in [-0.2, 0) is 11.3 Å². The van der Waals surface area contributed by atoms with Crippen LogP contribution in [0.3, 0.4) is 0 Å². The van der Waals surface area contributed by atoms with Gasteiger partial charge in [-0.2, -0.15) is 5.26 Å². The van der Waals surface area contributed by atoms with Gasteiger partial charge in [0.15, 0.2) is 0 Å². The molecule has 0 atom stereocenters. The lowest BCUT2D eigenvalue weighted by Crippen LogP contribution is -2.17. The number of carbonyl (C=O) groups excluding carboxylic acids is 1. The minimum absolute atomic E-state index is 0.165. The molecule has 0 saturated heterocycles. The number of para-hydroxylation sites is 1. The molecule has 26 heavy (non-hydrogen) atoms. The van der Waals surface area contributed by atoms with E-state index in [1.54, 1.807) is 0 Å². The standard InChI is InChI=1S/C21H19N3O2/c1-15-16(2)24(18-11-7-4-8-12-18)20(19(15)13-22)23-21(25)26-14-17-9-5-3-6-10-17/h3-12H,14H2,1-2H3,(H,23,25). The van der Waals surface area contributed by atoms with E-state index in [1.807, 2.05) is 79.1 Å². The Labute approximate surface area is 152 Å². The van der Waals surface area contributed by atoms with Crippen molar-refractivity contribution in [3.05, 3.63) is 83.0 Å². The highest BCUT2D eigenvalue weighted by Gasteiger charge is 2.21. The van der Waals surface area contributed by atoms with E-state index in [9.17, 15) is 10.1 Å². The molecule has 5 nitrogen and oxygen atoms in total. The Hall–Kier alpha value is -3.52. The number of ether oxygens (including phenoxy) is 1. The monoisotopic (exact) mass is 345 g/mol. The molecule has 0 spiro atoms. The molecule has 0 unspecified atom stereocenters. The van der Waals surface area contributed by atoms with Crippen molar-refractivity contribution in [2.45, 2.75) is 20.5 Å². The zero-order chi connectivity index (χ0) is 18.5. The summed E-state index contributed by atoms with van der Waals surface area (Å²) in [5.74, 6) is 0.423. The fraction of sp³-hybridized carbons (Fsp3) is 0.143. The van der Waals surface area contributed by atoms with Gasteiger partial charge >= 0.3 is 6.09 Å². The van der Waals surface area contributed by atoms with Crippen molar-refractivity contribution < 1.29 is 9.53 Å². The molecule has 0 fully saturated rings. The second-order valence-electron chi connectivity index (χ2n) is 5.90. The van der Waals surface area contributed by atoms with Gasteiger partial charge in [0.25, 0.3) is 0 Å². The van der Waals surface area contributed by atoms with E-state index >= 15 is 0 Å². The van der Waals surface area contributed by atoms with E-state index in [1.165, 1.54) is 0 Å². The van der Waals surface area contributed by atoms with Crippen LogP contribution in [-0.4, -0.2) is 10.7 Å². The third-order valence-corrected chi connectivity index (χ3v) is 4.27. The van der Waals surface area contributed by atoms with Crippen LogP contribution in [0.2, 0.25) is 0 Å². The molecule has 1 N–H and O–H groups in total. The number of nitriles is 1. The molecule has 0 aliphatic carbocycles. The second-order valence-corrected chi connectivity index (χ2v) is 5.90. The molecule has 1 aromatic heterocycles. The molecule has 0 saturated carbocycles. The first-order valence-electron chi connectivity index (χ1n) is 8.27. The highest BCUT2D eigenvalue weighted by molar-refractivity contribution is 5.87. The van der Waals surface area contributed by atoms with Crippen LogP contribution in [0.1, 0.15) is 22.4 Å². The number of aromatic nitrogens is 1. The van der Waals surface area contributed by atoms with Gasteiger partial charge in [0.1, 0.15) is 18.5 Å². The quantitative estimate of drug-likeness (QED) is 0.744. The third-order valence-electron chi connectivity index (χ3n) is 4.27. The van der Waals surface area contributed by atoms with Gasteiger partial charge in [0.05, 0.1) is 5.56 Å². The summed E-state index contributed by atoms with van der Waals surface area (Å²) >= 11 is 0. The van der Waals surface area contributed by atoms with Crippen LogP contribution in [0.25, 0.3) is 5.69 Å². The molecular weight excluding hydrogens is 326 g/mol. The summed E-state index contributed by atoms with van der Waals surface area (Å²) in [5, 5.41) is 12.3. The summed E-state index contributed by atoms with van der Waals surface area (Å²) in [5.41, 5.74) is 3.92. The summed E-state index contributed by atoms with van der Waals surface area (Å²) in [6, 6.07) is 21.2. The van der Waals surface area contributed by atoms with E-state index < -0.39 is 6.09 Å². The SMILES string of the molecule is Cc1c(C#N)c(NC(=O)OCc2ccccc2)n(-c2ccccc2)c1C. The van der Waals surface area contributed by atoms with Gasteiger partial charge < -0.3 is 4.74 Å². The third kappa shape index (κ3) is 3.45. The van der Waals surface area contributed by atoms with Crippen molar-refractivity contribution in [2.24, 2.45) is 0 Å². The molecule has 2 aromatic carbocycles. The maximum absolute atomic E-state index is 12.3. The molecule has 0 radical (unpaired) electrons. The fourth-order valence-electron chi connectivity index (χ4n) is 2.82. The van der Waals surface area contributed by atoms with Gasteiger partial charge in [0, 0.05) is 11.4 Å². The van der Waals surface area contributed by atoms with E-state index in [0.717, 1.165) is 22.5 Å². The predicted octanol–water partition coefficient (Wildman–Crippen LogP) is 4.71. The Kier molecular flexibility index (Phi) is 5.04. The molecule has 0 aliphatic heterocycles. The van der Waals surface area contributed by atoms with E-state index in [-0.39, 0.29) is 6.61 Å². The number of carbonyl (C=O) groups is 1. The van der Waals surface area contributed by atoms with Crippen molar-refractivity contribution in [2.75, 3.05) is 5.32 Å². The lowest BCUT2D eigenvalue weighted by molar-refractivity contribution is 0.155. The summed E-state index contributed by atoms with van der Waals surface area (Å²) < 4.78 is 7.16. The van der Waals surface area contributed by atoms with Crippen LogP contribution < -0.4 is 5.32 Å².